The van der Waals surface area contributed by atoms with Crippen LogP contribution in [0.4, 0.5) is 8.78 Å². The Kier molecular flexibility index (Phi) is 4.28. The molecular formula is C14H19F2NS. The minimum absolute atomic E-state index is 0.219. The van der Waals surface area contributed by atoms with Crippen LogP contribution in [0.1, 0.15) is 37.7 Å². The van der Waals surface area contributed by atoms with Gasteiger partial charge in [0.1, 0.15) is 11.6 Å². The van der Waals surface area contributed by atoms with E-state index in [1.54, 1.807) is 6.26 Å². The Hall–Kier alpha value is -0.610. The van der Waals surface area contributed by atoms with E-state index in [2.05, 4.69) is 0 Å². The minimum atomic E-state index is -0.502. The van der Waals surface area contributed by atoms with Crippen molar-refractivity contribution in [3.05, 3.63) is 29.3 Å². The molecule has 2 rings (SSSR count). The van der Waals surface area contributed by atoms with Crippen LogP contribution in [0.3, 0.4) is 0 Å². The molecule has 1 saturated carbocycles. The molecule has 18 heavy (non-hydrogen) atoms. The molecule has 0 aliphatic heterocycles. The van der Waals surface area contributed by atoms with Gasteiger partial charge in [0.15, 0.2) is 0 Å². The predicted octanol–water partition coefficient (Wildman–Crippen LogP) is 3.85. The highest BCUT2D eigenvalue weighted by Gasteiger charge is 2.37. The fourth-order valence-electron chi connectivity index (χ4n) is 2.96. The van der Waals surface area contributed by atoms with Crippen LogP contribution in [0.2, 0.25) is 0 Å². The van der Waals surface area contributed by atoms with Crippen molar-refractivity contribution in [2.24, 2.45) is 5.73 Å². The van der Waals surface area contributed by atoms with Crippen LogP contribution < -0.4 is 5.73 Å². The number of hydrogen-bond donors (Lipinski definition) is 1. The molecule has 1 nitrogen and oxygen atoms in total. The van der Waals surface area contributed by atoms with Crippen molar-refractivity contribution in [1.29, 1.82) is 0 Å². The Balaban J connectivity index is 2.53. The van der Waals surface area contributed by atoms with Gasteiger partial charge in [0.25, 0.3) is 0 Å². The number of rotatable bonds is 3. The molecule has 1 aliphatic rings. The van der Waals surface area contributed by atoms with E-state index in [0.717, 1.165) is 32.1 Å². The summed E-state index contributed by atoms with van der Waals surface area (Å²) in [5.41, 5.74) is 5.58. The smallest absolute Gasteiger partial charge is 0.143 e. The van der Waals surface area contributed by atoms with Crippen molar-refractivity contribution in [3.8, 4) is 0 Å². The summed E-state index contributed by atoms with van der Waals surface area (Å²) >= 11 is 1.31. The van der Waals surface area contributed by atoms with E-state index in [1.165, 1.54) is 23.9 Å². The van der Waals surface area contributed by atoms with Gasteiger partial charge in [-0.15, -0.1) is 11.8 Å². The third-order valence-electron chi connectivity index (χ3n) is 4.01. The Bertz CT molecular complexity index is 428. The van der Waals surface area contributed by atoms with Crippen LogP contribution in [-0.4, -0.2) is 12.8 Å². The van der Waals surface area contributed by atoms with E-state index < -0.39 is 17.0 Å². The van der Waals surface area contributed by atoms with Gasteiger partial charge in [0.05, 0.1) is 0 Å². The quantitative estimate of drug-likeness (QED) is 0.845. The van der Waals surface area contributed by atoms with Crippen LogP contribution in [0.25, 0.3) is 0 Å². The zero-order chi connectivity index (χ0) is 13.2. The van der Waals surface area contributed by atoms with Crippen molar-refractivity contribution in [2.75, 3.05) is 12.8 Å². The third kappa shape index (κ3) is 2.28. The first kappa shape index (κ1) is 13.8. The second-order valence-corrected chi connectivity index (χ2v) is 5.83. The van der Waals surface area contributed by atoms with Crippen LogP contribution in [0, 0.1) is 11.6 Å². The average molecular weight is 271 g/mol. The summed E-state index contributed by atoms with van der Waals surface area (Å²) in [6.45, 7) is 0.318. The van der Waals surface area contributed by atoms with Gasteiger partial charge in [0, 0.05) is 22.4 Å². The maximum atomic E-state index is 14.4. The minimum Gasteiger partial charge on any atom is -0.330 e. The van der Waals surface area contributed by atoms with Gasteiger partial charge in [0.2, 0.25) is 0 Å². The monoisotopic (exact) mass is 271 g/mol. The molecule has 1 fully saturated rings. The van der Waals surface area contributed by atoms with Gasteiger partial charge >= 0.3 is 0 Å². The fraction of sp³-hybridized carbons (Fsp3) is 0.571. The van der Waals surface area contributed by atoms with Crippen molar-refractivity contribution in [1.82, 2.24) is 0 Å². The van der Waals surface area contributed by atoms with Crippen LogP contribution in [0.5, 0.6) is 0 Å². The standard InChI is InChI=1S/C14H19F2NS/c1-18-11-6-5-10(15)12(13(11)16)14(9-17)7-3-2-4-8-14/h5-6H,2-4,7-9,17H2,1H3. The normalized spacial score (nSPS) is 18.9. The number of hydrogen-bond acceptors (Lipinski definition) is 2. The molecule has 0 aromatic heterocycles. The number of thioether (sulfide) groups is 1. The summed E-state index contributed by atoms with van der Waals surface area (Å²) in [7, 11) is 0. The van der Waals surface area contributed by atoms with Gasteiger partial charge in [-0.1, -0.05) is 19.3 Å². The van der Waals surface area contributed by atoms with Crippen molar-refractivity contribution in [3.63, 3.8) is 0 Å². The van der Waals surface area contributed by atoms with Gasteiger partial charge in [-0.25, -0.2) is 8.78 Å². The second-order valence-electron chi connectivity index (χ2n) is 4.98. The van der Waals surface area contributed by atoms with Crippen molar-refractivity contribution in [2.45, 2.75) is 42.4 Å². The molecule has 0 saturated heterocycles. The molecule has 0 atom stereocenters. The average Bonchev–Trinajstić information content (AvgIpc) is 2.40. The maximum absolute atomic E-state index is 14.4. The molecule has 4 heteroatoms. The van der Waals surface area contributed by atoms with E-state index >= 15 is 0 Å². The van der Waals surface area contributed by atoms with E-state index in [4.69, 9.17) is 5.73 Å². The van der Waals surface area contributed by atoms with Gasteiger partial charge < -0.3 is 5.73 Å². The zero-order valence-electron chi connectivity index (χ0n) is 10.6. The van der Waals surface area contributed by atoms with Crippen LogP contribution in [-0.2, 0) is 5.41 Å². The summed E-state index contributed by atoms with van der Waals surface area (Å²) in [6, 6.07) is 2.88. The highest BCUT2D eigenvalue weighted by molar-refractivity contribution is 7.98. The summed E-state index contributed by atoms with van der Waals surface area (Å²) in [5, 5.41) is 0. The predicted molar refractivity (Wildman–Crippen MR) is 72.0 cm³/mol. The second kappa shape index (κ2) is 5.57. The topological polar surface area (TPSA) is 26.0 Å². The van der Waals surface area contributed by atoms with E-state index in [-0.39, 0.29) is 5.56 Å². The molecule has 2 N–H and O–H groups in total. The van der Waals surface area contributed by atoms with E-state index in [1.807, 2.05) is 0 Å². The molecule has 0 radical (unpaired) electrons. The first-order valence-electron chi connectivity index (χ1n) is 6.37. The first-order chi connectivity index (χ1) is 8.64. The highest BCUT2D eigenvalue weighted by Crippen LogP contribution is 2.42. The highest BCUT2D eigenvalue weighted by atomic mass is 32.2. The van der Waals surface area contributed by atoms with Crippen LogP contribution in [0.15, 0.2) is 17.0 Å². The Morgan fingerprint density at radius 1 is 1.22 bits per heavy atom. The third-order valence-corrected chi connectivity index (χ3v) is 4.76. The molecular weight excluding hydrogens is 252 g/mol. The maximum Gasteiger partial charge on any atom is 0.143 e. The Morgan fingerprint density at radius 2 is 1.89 bits per heavy atom. The fourth-order valence-corrected chi connectivity index (χ4v) is 3.45. The van der Waals surface area contributed by atoms with Crippen LogP contribution >= 0.6 is 11.8 Å². The Morgan fingerprint density at radius 3 is 2.44 bits per heavy atom. The van der Waals surface area contributed by atoms with Crippen molar-refractivity contribution >= 4 is 11.8 Å². The number of nitrogens with two attached hydrogens (primary N) is 1. The number of halogens is 2. The SMILES string of the molecule is CSc1ccc(F)c(C2(CN)CCCCC2)c1F. The molecule has 0 unspecified atom stereocenters. The largest absolute Gasteiger partial charge is 0.330 e. The van der Waals surface area contributed by atoms with Crippen molar-refractivity contribution < 1.29 is 8.78 Å². The molecule has 1 aliphatic carbocycles. The molecule has 0 heterocycles. The van der Waals surface area contributed by atoms with Gasteiger partial charge in [-0.2, -0.15) is 0 Å². The molecule has 0 amide bonds. The summed E-state index contributed by atoms with van der Waals surface area (Å²) < 4.78 is 28.5. The lowest BCUT2D eigenvalue weighted by Crippen LogP contribution is -2.39. The molecule has 0 bridgehead atoms. The summed E-state index contributed by atoms with van der Waals surface area (Å²) in [5.74, 6) is -0.854. The van der Waals surface area contributed by atoms with E-state index in [0.29, 0.717) is 11.4 Å². The van der Waals surface area contributed by atoms with Gasteiger partial charge in [-0.3, -0.25) is 0 Å². The van der Waals surface area contributed by atoms with E-state index in [9.17, 15) is 8.78 Å². The molecule has 1 aromatic rings. The molecule has 1 aromatic carbocycles. The molecule has 100 valence electrons. The zero-order valence-corrected chi connectivity index (χ0v) is 11.5. The summed E-state index contributed by atoms with van der Waals surface area (Å²) in [6.07, 6.45) is 6.51. The number of benzene rings is 1. The summed E-state index contributed by atoms with van der Waals surface area (Å²) in [4.78, 5) is 0.504. The first-order valence-corrected chi connectivity index (χ1v) is 7.59. The lowest BCUT2D eigenvalue weighted by molar-refractivity contribution is 0.279. The van der Waals surface area contributed by atoms with Gasteiger partial charge in [-0.05, 0) is 31.2 Å². The lowest BCUT2D eigenvalue weighted by Gasteiger charge is -2.37. The molecule has 0 spiro atoms. The Labute approximate surface area is 111 Å². The lowest BCUT2D eigenvalue weighted by atomic mass is 9.69.